The zero-order valence-electron chi connectivity index (χ0n) is 31.8. The van der Waals surface area contributed by atoms with Gasteiger partial charge in [0.1, 0.15) is 23.9 Å². The number of carbonyl (C=O) groups excluding carboxylic acids is 3. The molecule has 2 unspecified atom stereocenters. The molecule has 1 fully saturated rings. The van der Waals surface area contributed by atoms with Gasteiger partial charge in [-0.25, -0.2) is 0 Å². The van der Waals surface area contributed by atoms with Gasteiger partial charge >= 0.3 is 0 Å². The average molecular weight is 874 g/mol. The van der Waals surface area contributed by atoms with Crippen LogP contribution in [0.1, 0.15) is 28.8 Å². The van der Waals surface area contributed by atoms with Gasteiger partial charge in [-0.05, 0) is 84.6 Å². The summed E-state index contributed by atoms with van der Waals surface area (Å²) in [5.41, 5.74) is 3.45. The number of piperidine rings is 1. The number of ketones is 1. The van der Waals surface area contributed by atoms with Gasteiger partial charge in [0.15, 0.2) is 11.5 Å². The molecule has 5 aromatic rings. The Morgan fingerprint density at radius 1 is 0.759 bits per heavy atom. The van der Waals surface area contributed by atoms with E-state index >= 15 is 0 Å². The first kappa shape index (κ1) is 41.3. The van der Waals surface area contributed by atoms with Gasteiger partial charge in [0, 0.05) is 50.6 Å². The number of hydrogen-bond acceptors (Lipinski definition) is 12. The Morgan fingerprint density at radius 2 is 1.43 bits per heavy atom. The molecule has 12 nitrogen and oxygen atoms in total. The van der Waals surface area contributed by atoms with Gasteiger partial charge in [-0.3, -0.25) is 19.7 Å². The third-order valence-corrected chi connectivity index (χ3v) is 11.6. The van der Waals surface area contributed by atoms with Crippen LogP contribution in [-0.2, 0) is 35.0 Å². The first-order valence-electron chi connectivity index (χ1n) is 19.3. The van der Waals surface area contributed by atoms with E-state index in [1.165, 1.54) is 0 Å². The van der Waals surface area contributed by atoms with Gasteiger partial charge in [-0.1, -0.05) is 40.2 Å². The zero-order chi connectivity index (χ0) is 40.3. The summed E-state index contributed by atoms with van der Waals surface area (Å²) in [7, 11) is 0. The lowest BCUT2D eigenvalue weighted by molar-refractivity contribution is -0.137. The molecule has 0 saturated carbocycles. The second-order valence-electron chi connectivity index (χ2n) is 13.8. The number of halogens is 1. The van der Waals surface area contributed by atoms with E-state index in [1.54, 1.807) is 29.5 Å². The molecule has 304 valence electrons. The highest BCUT2D eigenvalue weighted by Crippen LogP contribution is 2.47. The van der Waals surface area contributed by atoms with Crippen LogP contribution in [-0.4, -0.2) is 88.7 Å². The molecule has 2 heterocycles. The van der Waals surface area contributed by atoms with E-state index < -0.39 is 11.8 Å². The number of imide groups is 1. The van der Waals surface area contributed by atoms with Crippen molar-refractivity contribution in [2.45, 2.75) is 19.3 Å². The maximum atomic E-state index is 13.1. The SMILES string of the molecule is O=C1CCC(C2Cc3c(NCCOCCOCCOCCOCCOc4ccc(Oc5c(-c6ccc(Br)cc6)sc6cc(O)ccc56)cc4)cccc3C2=O)C(=O)N1. The fourth-order valence-electron chi connectivity index (χ4n) is 7.05. The Balaban J connectivity index is 0.710. The van der Waals surface area contributed by atoms with Crippen LogP contribution in [0.15, 0.2) is 89.4 Å². The summed E-state index contributed by atoms with van der Waals surface area (Å²) in [4.78, 5) is 38.0. The Morgan fingerprint density at radius 3 is 2.14 bits per heavy atom. The second-order valence-corrected chi connectivity index (χ2v) is 15.8. The molecule has 3 N–H and O–H groups in total. The number of carbonyl (C=O) groups is 3. The van der Waals surface area contributed by atoms with Crippen LogP contribution in [0.5, 0.6) is 23.0 Å². The van der Waals surface area contributed by atoms with Crippen molar-refractivity contribution in [2.75, 3.05) is 71.3 Å². The summed E-state index contributed by atoms with van der Waals surface area (Å²) in [6, 6.07) is 26.4. The normalized spacial score (nSPS) is 16.4. The summed E-state index contributed by atoms with van der Waals surface area (Å²) in [6.45, 7) is 4.49. The van der Waals surface area contributed by atoms with Crippen LogP contribution in [0.3, 0.4) is 0 Å². The van der Waals surface area contributed by atoms with Gasteiger partial charge < -0.3 is 38.8 Å². The highest BCUT2D eigenvalue weighted by molar-refractivity contribution is 9.10. The molecule has 0 bridgehead atoms. The van der Waals surface area contributed by atoms with E-state index in [0.29, 0.717) is 95.9 Å². The largest absolute Gasteiger partial charge is 0.508 e. The number of aromatic hydroxyl groups is 1. The maximum absolute atomic E-state index is 13.1. The quantitative estimate of drug-likeness (QED) is 0.0490. The molecular formula is C44H45BrN2O10S. The van der Waals surface area contributed by atoms with Crippen LogP contribution in [0.4, 0.5) is 5.69 Å². The Hall–Kier alpha value is -4.83. The van der Waals surface area contributed by atoms with Crippen molar-refractivity contribution in [1.29, 1.82) is 0 Å². The molecule has 1 aliphatic heterocycles. The molecule has 7 rings (SSSR count). The molecule has 1 aromatic heterocycles. The van der Waals surface area contributed by atoms with Crippen molar-refractivity contribution in [3.05, 3.63) is 101 Å². The number of thiophene rings is 1. The summed E-state index contributed by atoms with van der Waals surface area (Å²) >= 11 is 5.08. The molecule has 14 heteroatoms. The van der Waals surface area contributed by atoms with Gasteiger partial charge in [0.05, 0.1) is 57.7 Å². The smallest absolute Gasteiger partial charge is 0.230 e. The molecule has 58 heavy (non-hydrogen) atoms. The lowest BCUT2D eigenvalue weighted by Gasteiger charge is -2.24. The van der Waals surface area contributed by atoms with Crippen molar-refractivity contribution in [1.82, 2.24) is 5.32 Å². The Bertz CT molecular complexity index is 2190. The molecule has 1 aliphatic carbocycles. The number of phenols is 1. The summed E-state index contributed by atoms with van der Waals surface area (Å²) in [6.07, 6.45) is 1.15. The van der Waals surface area contributed by atoms with Crippen LogP contribution in [0.25, 0.3) is 20.5 Å². The van der Waals surface area contributed by atoms with E-state index in [2.05, 4.69) is 26.6 Å². The van der Waals surface area contributed by atoms with Crippen molar-refractivity contribution in [3.8, 4) is 33.4 Å². The number of phenolic OH excluding ortho intramolecular Hbond substituents is 1. The van der Waals surface area contributed by atoms with E-state index in [-0.39, 0.29) is 29.8 Å². The standard InChI is InChI=1S/C44H45BrN2O10S/c45-29-6-4-28(5-7-29)43-42(35-13-8-30(48)26-39(35)58-43)57-32-11-9-31(10-12-32)56-25-24-55-23-22-54-21-20-53-19-18-52-17-16-46-38-3-1-2-33-36(38)27-37(41(33)50)34-14-15-40(49)47-44(34)51/h1-13,26,34,37,46,48H,14-25,27H2,(H,47,49,51). The first-order valence-corrected chi connectivity index (χ1v) is 20.9. The van der Waals surface area contributed by atoms with Crippen molar-refractivity contribution in [2.24, 2.45) is 11.8 Å². The van der Waals surface area contributed by atoms with Gasteiger partial charge in [-0.15, -0.1) is 11.3 Å². The summed E-state index contributed by atoms with van der Waals surface area (Å²) < 4.78 is 36.7. The zero-order valence-corrected chi connectivity index (χ0v) is 34.2. The number of rotatable bonds is 21. The van der Waals surface area contributed by atoms with E-state index in [1.807, 2.05) is 66.7 Å². The monoisotopic (exact) mass is 872 g/mol. The van der Waals surface area contributed by atoms with Crippen LogP contribution < -0.4 is 20.1 Å². The number of anilines is 1. The predicted molar refractivity (Wildman–Crippen MR) is 224 cm³/mol. The summed E-state index contributed by atoms with van der Waals surface area (Å²) in [5, 5.41) is 16.7. The van der Waals surface area contributed by atoms with Crippen LogP contribution >= 0.6 is 27.3 Å². The number of ether oxygens (including phenoxy) is 6. The van der Waals surface area contributed by atoms with Gasteiger partial charge in [-0.2, -0.15) is 0 Å². The van der Waals surface area contributed by atoms with E-state index in [0.717, 1.165) is 42.0 Å². The van der Waals surface area contributed by atoms with Crippen molar-refractivity contribution in [3.63, 3.8) is 0 Å². The fraction of sp³-hybridized carbons (Fsp3) is 0.341. The number of fused-ring (bicyclic) bond motifs is 2. The summed E-state index contributed by atoms with van der Waals surface area (Å²) in [5.74, 6) is 0.759. The molecule has 1 saturated heterocycles. The van der Waals surface area contributed by atoms with Crippen molar-refractivity contribution >= 4 is 60.6 Å². The minimum atomic E-state index is -0.477. The molecule has 4 aromatic carbocycles. The molecule has 0 radical (unpaired) electrons. The Kier molecular flexibility index (Phi) is 14.4. The van der Waals surface area contributed by atoms with Crippen molar-refractivity contribution < 1.29 is 47.9 Å². The number of amides is 2. The molecule has 2 amide bonds. The van der Waals surface area contributed by atoms with E-state index in [9.17, 15) is 19.5 Å². The minimum Gasteiger partial charge on any atom is -0.508 e. The highest BCUT2D eigenvalue weighted by Gasteiger charge is 2.42. The number of hydrogen-bond donors (Lipinski definition) is 3. The lowest BCUT2D eigenvalue weighted by Crippen LogP contribution is -2.44. The lowest BCUT2D eigenvalue weighted by atomic mass is 9.83. The average Bonchev–Trinajstić information content (AvgIpc) is 3.75. The predicted octanol–water partition coefficient (Wildman–Crippen LogP) is 7.79. The van der Waals surface area contributed by atoms with Gasteiger partial charge in [0.2, 0.25) is 11.8 Å². The molecule has 2 aliphatic rings. The highest BCUT2D eigenvalue weighted by atomic mass is 79.9. The van der Waals surface area contributed by atoms with Crippen LogP contribution in [0, 0.1) is 11.8 Å². The van der Waals surface area contributed by atoms with E-state index in [4.69, 9.17) is 28.4 Å². The third-order valence-electron chi connectivity index (χ3n) is 9.92. The second kappa shape index (κ2) is 20.2. The molecule has 0 spiro atoms. The third kappa shape index (κ3) is 10.6. The van der Waals surface area contributed by atoms with Gasteiger partial charge in [0.25, 0.3) is 0 Å². The topological polar surface area (TPSA) is 151 Å². The fourth-order valence-corrected chi connectivity index (χ4v) is 8.48. The minimum absolute atomic E-state index is 0.0327. The van der Waals surface area contributed by atoms with Crippen LogP contribution in [0.2, 0.25) is 0 Å². The molecular weight excluding hydrogens is 828 g/mol. The number of Topliss-reactive ketones (excluding diaryl/α,β-unsaturated/α-hetero) is 1. The molecule has 2 atom stereocenters. The maximum Gasteiger partial charge on any atom is 0.230 e. The number of benzene rings is 4. The first-order chi connectivity index (χ1) is 28.3. The Labute approximate surface area is 348 Å². The number of nitrogens with one attached hydrogen (secondary N) is 2.